The van der Waals surface area contributed by atoms with Crippen LogP contribution in [0.5, 0.6) is 5.75 Å². The molecule has 1 aromatic rings. The zero-order valence-electron chi connectivity index (χ0n) is 12.0. The number of phenols is 1. The van der Waals surface area contributed by atoms with Gasteiger partial charge in [0.2, 0.25) is 0 Å². The van der Waals surface area contributed by atoms with Crippen molar-refractivity contribution < 1.29 is 5.11 Å². The van der Waals surface area contributed by atoms with Gasteiger partial charge < -0.3 is 15.3 Å². The van der Waals surface area contributed by atoms with Gasteiger partial charge in [0.05, 0.1) is 10.0 Å². The highest BCUT2D eigenvalue weighted by atomic mass is 35.5. The van der Waals surface area contributed by atoms with Crippen LogP contribution in [0, 0.1) is 0 Å². The van der Waals surface area contributed by atoms with E-state index in [0.717, 1.165) is 31.6 Å². The molecule has 0 bridgehead atoms. The maximum absolute atomic E-state index is 9.58. The van der Waals surface area contributed by atoms with Crippen molar-refractivity contribution in [3.05, 3.63) is 22.2 Å². The summed E-state index contributed by atoms with van der Waals surface area (Å²) in [6.45, 7) is 6.75. The van der Waals surface area contributed by atoms with Gasteiger partial charge in [0.25, 0.3) is 0 Å². The number of halogens is 2. The summed E-state index contributed by atoms with van der Waals surface area (Å²) in [5, 5.41) is 13.6. The highest BCUT2D eigenvalue weighted by molar-refractivity contribution is 6.37. The minimum atomic E-state index is -0.0502. The van der Waals surface area contributed by atoms with Crippen LogP contribution >= 0.6 is 23.2 Å². The summed E-state index contributed by atoms with van der Waals surface area (Å²) in [5.74, 6) is -0.0502. The Morgan fingerprint density at radius 2 is 1.85 bits per heavy atom. The Kier molecular flexibility index (Phi) is 5.42. The molecule has 1 saturated heterocycles. The van der Waals surface area contributed by atoms with Crippen LogP contribution in [0.4, 0.5) is 5.69 Å². The average molecular weight is 317 g/mol. The number of nitrogens with zero attached hydrogens (tertiary/aromatic N) is 1. The summed E-state index contributed by atoms with van der Waals surface area (Å²) < 4.78 is 0. The van der Waals surface area contributed by atoms with Crippen molar-refractivity contribution in [1.82, 2.24) is 4.90 Å². The lowest BCUT2D eigenvalue weighted by atomic mass is 10.1. The molecule has 1 heterocycles. The lowest BCUT2D eigenvalue weighted by Gasteiger charge is -2.24. The third-order valence-electron chi connectivity index (χ3n) is 3.88. The number of rotatable bonds is 3. The van der Waals surface area contributed by atoms with Gasteiger partial charge in [0.15, 0.2) is 5.75 Å². The van der Waals surface area contributed by atoms with E-state index >= 15 is 0 Å². The summed E-state index contributed by atoms with van der Waals surface area (Å²) in [7, 11) is 0. The van der Waals surface area contributed by atoms with Gasteiger partial charge in [-0.05, 0) is 51.8 Å². The van der Waals surface area contributed by atoms with E-state index in [1.165, 1.54) is 6.42 Å². The molecule has 0 aromatic heterocycles. The molecule has 1 fully saturated rings. The van der Waals surface area contributed by atoms with Crippen molar-refractivity contribution in [1.29, 1.82) is 0 Å². The standard InChI is InChI=1S/C15H22Cl2N2O/c1-10(2)19-6-3-4-11(5-7-19)18-12-8-13(16)15(20)14(17)9-12/h8-11,18,20H,3-7H2,1-2H3. The molecule has 2 rings (SSSR count). The predicted molar refractivity (Wildman–Crippen MR) is 86.1 cm³/mol. The van der Waals surface area contributed by atoms with Gasteiger partial charge in [-0.15, -0.1) is 0 Å². The molecule has 112 valence electrons. The fourth-order valence-electron chi connectivity index (χ4n) is 2.66. The molecule has 20 heavy (non-hydrogen) atoms. The maximum atomic E-state index is 9.58. The van der Waals surface area contributed by atoms with E-state index in [0.29, 0.717) is 12.1 Å². The monoisotopic (exact) mass is 316 g/mol. The van der Waals surface area contributed by atoms with Gasteiger partial charge in [-0.25, -0.2) is 0 Å². The molecule has 2 N–H and O–H groups in total. The third kappa shape index (κ3) is 3.94. The number of likely N-dealkylation sites (tertiary alicyclic amines) is 1. The van der Waals surface area contributed by atoms with Gasteiger partial charge in [0.1, 0.15) is 0 Å². The molecule has 1 unspecified atom stereocenters. The predicted octanol–water partition coefficient (Wildman–Crippen LogP) is 4.37. The molecule has 1 aliphatic heterocycles. The number of phenolic OH excluding ortho intramolecular Hbond substituents is 1. The first-order chi connectivity index (χ1) is 9.47. The Morgan fingerprint density at radius 1 is 1.20 bits per heavy atom. The van der Waals surface area contributed by atoms with E-state index in [9.17, 15) is 5.11 Å². The SMILES string of the molecule is CC(C)N1CCCC(Nc2cc(Cl)c(O)c(Cl)c2)CC1. The smallest absolute Gasteiger partial charge is 0.152 e. The van der Waals surface area contributed by atoms with Gasteiger partial charge in [-0.1, -0.05) is 23.2 Å². The van der Waals surface area contributed by atoms with Crippen LogP contribution in [0.15, 0.2) is 12.1 Å². The molecule has 1 atom stereocenters. The first-order valence-corrected chi connectivity index (χ1v) is 7.91. The van der Waals surface area contributed by atoms with Crippen LogP contribution in [0.25, 0.3) is 0 Å². The minimum Gasteiger partial charge on any atom is -0.505 e. The number of nitrogens with one attached hydrogen (secondary N) is 1. The second-order valence-corrected chi connectivity index (χ2v) is 6.50. The maximum Gasteiger partial charge on any atom is 0.152 e. The summed E-state index contributed by atoms with van der Waals surface area (Å²) in [4.78, 5) is 2.51. The largest absolute Gasteiger partial charge is 0.505 e. The van der Waals surface area contributed by atoms with Crippen molar-refractivity contribution >= 4 is 28.9 Å². The van der Waals surface area contributed by atoms with Crippen LogP contribution in [0.2, 0.25) is 10.0 Å². The van der Waals surface area contributed by atoms with Gasteiger partial charge in [0, 0.05) is 24.3 Å². The molecule has 0 aliphatic carbocycles. The second kappa shape index (κ2) is 6.88. The summed E-state index contributed by atoms with van der Waals surface area (Å²) in [6, 6.07) is 4.49. The number of aromatic hydroxyl groups is 1. The van der Waals surface area contributed by atoms with Gasteiger partial charge >= 0.3 is 0 Å². The molecule has 1 aliphatic rings. The van der Waals surface area contributed by atoms with E-state index in [2.05, 4.69) is 24.1 Å². The van der Waals surface area contributed by atoms with Crippen LogP contribution in [0.1, 0.15) is 33.1 Å². The lowest BCUT2D eigenvalue weighted by Crippen LogP contribution is -2.32. The number of hydrogen-bond acceptors (Lipinski definition) is 3. The molecular formula is C15H22Cl2N2O. The van der Waals surface area contributed by atoms with Crippen LogP contribution in [0.3, 0.4) is 0 Å². The zero-order chi connectivity index (χ0) is 14.7. The van der Waals surface area contributed by atoms with E-state index in [1.807, 2.05) is 0 Å². The van der Waals surface area contributed by atoms with Crippen molar-refractivity contribution in [2.45, 2.75) is 45.2 Å². The average Bonchev–Trinajstić information content (AvgIpc) is 2.61. The molecular weight excluding hydrogens is 295 g/mol. The second-order valence-electron chi connectivity index (χ2n) is 5.69. The quantitative estimate of drug-likeness (QED) is 0.813. The zero-order valence-corrected chi connectivity index (χ0v) is 13.5. The number of anilines is 1. The Morgan fingerprint density at radius 3 is 2.45 bits per heavy atom. The number of hydrogen-bond donors (Lipinski definition) is 2. The molecule has 0 amide bonds. The molecule has 1 aromatic carbocycles. The van der Waals surface area contributed by atoms with Crippen molar-refractivity contribution in [2.24, 2.45) is 0 Å². The summed E-state index contributed by atoms with van der Waals surface area (Å²) >= 11 is 11.9. The van der Waals surface area contributed by atoms with Crippen molar-refractivity contribution in [3.8, 4) is 5.75 Å². The molecule has 5 heteroatoms. The van der Waals surface area contributed by atoms with E-state index in [-0.39, 0.29) is 15.8 Å². The third-order valence-corrected chi connectivity index (χ3v) is 4.46. The summed E-state index contributed by atoms with van der Waals surface area (Å²) in [6.07, 6.45) is 3.43. The fraction of sp³-hybridized carbons (Fsp3) is 0.600. The Labute approximate surface area is 130 Å². The molecule has 0 radical (unpaired) electrons. The molecule has 0 spiro atoms. The van der Waals surface area contributed by atoms with Gasteiger partial charge in [-0.2, -0.15) is 0 Å². The molecule has 0 saturated carbocycles. The Bertz CT molecular complexity index is 442. The topological polar surface area (TPSA) is 35.5 Å². The highest BCUT2D eigenvalue weighted by Crippen LogP contribution is 2.35. The number of benzene rings is 1. The van der Waals surface area contributed by atoms with E-state index < -0.39 is 0 Å². The van der Waals surface area contributed by atoms with Crippen molar-refractivity contribution in [2.75, 3.05) is 18.4 Å². The fourth-order valence-corrected chi connectivity index (χ4v) is 3.15. The molecule has 3 nitrogen and oxygen atoms in total. The Hall–Kier alpha value is -0.640. The van der Waals surface area contributed by atoms with Crippen LogP contribution in [-0.4, -0.2) is 35.2 Å². The lowest BCUT2D eigenvalue weighted by molar-refractivity contribution is 0.230. The van der Waals surface area contributed by atoms with E-state index in [4.69, 9.17) is 23.2 Å². The Balaban J connectivity index is 2.00. The first kappa shape index (κ1) is 15.7. The summed E-state index contributed by atoms with van der Waals surface area (Å²) in [5.41, 5.74) is 0.876. The van der Waals surface area contributed by atoms with Gasteiger partial charge in [-0.3, -0.25) is 0 Å². The minimum absolute atomic E-state index is 0.0502. The first-order valence-electron chi connectivity index (χ1n) is 7.16. The highest BCUT2D eigenvalue weighted by Gasteiger charge is 2.19. The van der Waals surface area contributed by atoms with E-state index in [1.54, 1.807) is 12.1 Å². The normalized spacial score (nSPS) is 20.9. The van der Waals surface area contributed by atoms with Crippen LogP contribution < -0.4 is 5.32 Å². The van der Waals surface area contributed by atoms with Crippen molar-refractivity contribution in [3.63, 3.8) is 0 Å². The van der Waals surface area contributed by atoms with Crippen LogP contribution in [-0.2, 0) is 0 Å².